The summed E-state index contributed by atoms with van der Waals surface area (Å²) in [5.74, 6) is 2.41. The van der Waals surface area contributed by atoms with Crippen LogP contribution in [0.3, 0.4) is 0 Å². The molecule has 2 N–H and O–H groups in total. The van der Waals surface area contributed by atoms with Gasteiger partial charge in [-0.15, -0.1) is 12.4 Å². The molecule has 2 atom stereocenters. The van der Waals surface area contributed by atoms with Crippen molar-refractivity contribution in [2.45, 2.75) is 31.9 Å². The van der Waals surface area contributed by atoms with Crippen molar-refractivity contribution >= 4 is 12.4 Å². The van der Waals surface area contributed by atoms with Crippen LogP contribution in [0.1, 0.15) is 36.3 Å². The minimum Gasteiger partial charge on any atom is -0.497 e. The minimum atomic E-state index is -0.659. The van der Waals surface area contributed by atoms with Gasteiger partial charge in [-0.1, -0.05) is 37.6 Å². The van der Waals surface area contributed by atoms with Crippen LogP contribution in [0.4, 0.5) is 0 Å². The Bertz CT molecular complexity index is 914. The van der Waals surface area contributed by atoms with E-state index < -0.39 is 6.10 Å². The molecule has 0 radical (unpaired) electrons. The number of rotatable bonds is 11. The highest BCUT2D eigenvalue weighted by Gasteiger charge is 2.20. The highest BCUT2D eigenvalue weighted by atomic mass is 35.5. The molecule has 0 aliphatic rings. The van der Waals surface area contributed by atoms with Crippen LogP contribution in [0.2, 0.25) is 0 Å². The lowest BCUT2D eigenvalue weighted by molar-refractivity contribution is 0.104. The predicted octanol–water partition coefficient (Wildman–Crippen LogP) is 3.92. The van der Waals surface area contributed by atoms with Gasteiger partial charge in [0.25, 0.3) is 0 Å². The van der Waals surface area contributed by atoms with E-state index in [4.69, 9.17) is 9.47 Å². The molecule has 31 heavy (non-hydrogen) atoms. The van der Waals surface area contributed by atoms with E-state index in [2.05, 4.69) is 29.4 Å². The molecule has 1 aromatic heterocycles. The second-order valence-corrected chi connectivity index (χ2v) is 7.37. The normalized spacial score (nSPS) is 12.6. The molecule has 0 saturated heterocycles. The van der Waals surface area contributed by atoms with Crippen LogP contribution in [0.15, 0.2) is 60.9 Å². The fourth-order valence-electron chi connectivity index (χ4n) is 3.38. The molecule has 0 amide bonds. The molecular formula is C24H32ClN3O3. The number of methoxy groups -OCH3 is 1. The van der Waals surface area contributed by atoms with E-state index in [0.29, 0.717) is 6.54 Å². The van der Waals surface area contributed by atoms with Crippen LogP contribution < -0.4 is 14.8 Å². The van der Waals surface area contributed by atoms with Crippen LogP contribution in [0.25, 0.3) is 0 Å². The Morgan fingerprint density at radius 2 is 1.90 bits per heavy atom. The monoisotopic (exact) mass is 445 g/mol. The zero-order chi connectivity index (χ0) is 21.3. The van der Waals surface area contributed by atoms with E-state index in [-0.39, 0.29) is 25.1 Å². The van der Waals surface area contributed by atoms with Crippen LogP contribution in [0.5, 0.6) is 11.5 Å². The third-order valence-electron chi connectivity index (χ3n) is 5.01. The van der Waals surface area contributed by atoms with Gasteiger partial charge in [0.05, 0.1) is 13.2 Å². The van der Waals surface area contributed by atoms with Crippen LogP contribution in [-0.2, 0) is 13.5 Å². The first-order valence-corrected chi connectivity index (χ1v) is 10.3. The van der Waals surface area contributed by atoms with Crippen LogP contribution in [-0.4, -0.2) is 41.0 Å². The number of aliphatic hydroxyl groups is 1. The number of aryl methyl sites for hydroxylation is 2. The van der Waals surface area contributed by atoms with Crippen molar-refractivity contribution in [1.29, 1.82) is 0 Å². The molecule has 2 unspecified atom stereocenters. The quantitative estimate of drug-likeness (QED) is 0.468. The first kappa shape index (κ1) is 24.7. The van der Waals surface area contributed by atoms with Crippen molar-refractivity contribution < 1.29 is 14.6 Å². The summed E-state index contributed by atoms with van der Waals surface area (Å²) in [4.78, 5) is 4.49. The lowest BCUT2D eigenvalue weighted by Gasteiger charge is -2.22. The summed E-state index contributed by atoms with van der Waals surface area (Å²) in [6.45, 7) is 2.74. The Morgan fingerprint density at radius 1 is 1.13 bits per heavy atom. The summed E-state index contributed by atoms with van der Waals surface area (Å²) in [6, 6.07) is 15.7. The van der Waals surface area contributed by atoms with Crippen LogP contribution >= 0.6 is 12.4 Å². The van der Waals surface area contributed by atoms with Crippen molar-refractivity contribution in [2.24, 2.45) is 7.05 Å². The zero-order valence-electron chi connectivity index (χ0n) is 18.3. The fourth-order valence-corrected chi connectivity index (χ4v) is 3.38. The summed E-state index contributed by atoms with van der Waals surface area (Å²) < 4.78 is 13.1. The molecule has 2 aromatic carbocycles. The topological polar surface area (TPSA) is 68.5 Å². The van der Waals surface area contributed by atoms with Gasteiger partial charge in [0.15, 0.2) is 0 Å². The maximum atomic E-state index is 10.5. The summed E-state index contributed by atoms with van der Waals surface area (Å²) >= 11 is 0. The number of benzene rings is 2. The van der Waals surface area contributed by atoms with E-state index in [1.165, 1.54) is 5.56 Å². The number of aliphatic hydroxyl groups excluding tert-OH is 1. The third-order valence-corrected chi connectivity index (χ3v) is 5.01. The van der Waals surface area contributed by atoms with Crippen molar-refractivity contribution in [1.82, 2.24) is 14.9 Å². The number of hydrogen-bond donors (Lipinski definition) is 2. The predicted molar refractivity (Wildman–Crippen MR) is 125 cm³/mol. The number of ether oxygens (including phenoxy) is 2. The van der Waals surface area contributed by atoms with Gasteiger partial charge >= 0.3 is 0 Å². The standard InChI is InChI=1S/C24H31N3O3.ClH/c1-4-6-18-9-11-21(12-10-18)30-17-20(28)16-26-23(24-25-13-14-27(24)2)19-7-5-8-22(15-19)29-3;/h5,7-15,20,23,26,28H,4,6,16-17H2,1-3H3;1H. The Labute approximate surface area is 190 Å². The number of nitrogens with zero attached hydrogens (tertiary/aromatic N) is 2. The van der Waals surface area contributed by atoms with Gasteiger partial charge in [-0.25, -0.2) is 4.98 Å². The molecule has 7 heteroatoms. The minimum absolute atomic E-state index is 0. The molecule has 1 heterocycles. The van der Waals surface area contributed by atoms with Gasteiger partial charge in [0, 0.05) is 26.0 Å². The van der Waals surface area contributed by atoms with E-state index in [0.717, 1.165) is 35.7 Å². The number of imidazole rings is 1. The molecule has 0 aliphatic carbocycles. The van der Waals surface area contributed by atoms with Gasteiger partial charge in [0.1, 0.15) is 30.0 Å². The molecule has 0 spiro atoms. The van der Waals surface area contributed by atoms with Crippen LogP contribution in [0, 0.1) is 0 Å². The second-order valence-electron chi connectivity index (χ2n) is 7.37. The number of hydrogen-bond acceptors (Lipinski definition) is 5. The summed E-state index contributed by atoms with van der Waals surface area (Å²) in [6.07, 6.45) is 5.20. The van der Waals surface area contributed by atoms with Gasteiger partial charge in [0.2, 0.25) is 0 Å². The van der Waals surface area contributed by atoms with Crippen molar-refractivity contribution in [3.8, 4) is 11.5 Å². The van der Waals surface area contributed by atoms with Gasteiger partial charge in [-0.3, -0.25) is 0 Å². The van der Waals surface area contributed by atoms with Gasteiger partial charge in [-0.05, 0) is 41.8 Å². The van der Waals surface area contributed by atoms with Gasteiger partial charge < -0.3 is 24.5 Å². The zero-order valence-corrected chi connectivity index (χ0v) is 19.1. The third kappa shape index (κ3) is 6.99. The molecule has 168 valence electrons. The number of nitrogens with one attached hydrogen (secondary N) is 1. The van der Waals surface area contributed by atoms with E-state index in [1.54, 1.807) is 13.3 Å². The van der Waals surface area contributed by atoms with Crippen molar-refractivity contribution in [3.05, 3.63) is 77.9 Å². The Balaban J connectivity index is 0.00000341. The van der Waals surface area contributed by atoms with Crippen molar-refractivity contribution in [2.75, 3.05) is 20.3 Å². The highest BCUT2D eigenvalue weighted by Crippen LogP contribution is 2.24. The summed E-state index contributed by atoms with van der Waals surface area (Å²) in [5, 5.41) is 13.9. The number of halogens is 1. The maximum Gasteiger partial charge on any atom is 0.130 e. The second kappa shape index (κ2) is 12.3. The molecule has 3 aromatic rings. The summed E-state index contributed by atoms with van der Waals surface area (Å²) in [7, 11) is 3.61. The smallest absolute Gasteiger partial charge is 0.130 e. The maximum absolute atomic E-state index is 10.5. The van der Waals surface area contributed by atoms with E-state index in [1.807, 2.05) is 54.2 Å². The average molecular weight is 446 g/mol. The Morgan fingerprint density at radius 3 is 2.55 bits per heavy atom. The molecule has 6 nitrogen and oxygen atoms in total. The fraction of sp³-hybridized carbons (Fsp3) is 0.375. The SMILES string of the molecule is CCCc1ccc(OCC(O)CNC(c2cccc(OC)c2)c2nccn2C)cc1.Cl. The Kier molecular flexibility index (Phi) is 9.85. The lowest BCUT2D eigenvalue weighted by Crippen LogP contribution is -2.35. The molecule has 0 aliphatic heterocycles. The first-order valence-electron chi connectivity index (χ1n) is 10.3. The molecule has 0 fully saturated rings. The molecule has 0 bridgehead atoms. The van der Waals surface area contributed by atoms with E-state index >= 15 is 0 Å². The largest absolute Gasteiger partial charge is 0.497 e. The highest BCUT2D eigenvalue weighted by molar-refractivity contribution is 5.85. The van der Waals surface area contributed by atoms with Crippen molar-refractivity contribution in [3.63, 3.8) is 0 Å². The summed E-state index contributed by atoms with van der Waals surface area (Å²) in [5.41, 5.74) is 2.31. The first-order chi connectivity index (χ1) is 14.6. The number of aromatic nitrogens is 2. The lowest BCUT2D eigenvalue weighted by atomic mass is 10.1. The van der Waals surface area contributed by atoms with Gasteiger partial charge in [-0.2, -0.15) is 0 Å². The average Bonchev–Trinajstić information content (AvgIpc) is 3.19. The molecule has 0 saturated carbocycles. The molecular weight excluding hydrogens is 414 g/mol. The van der Waals surface area contributed by atoms with E-state index in [9.17, 15) is 5.11 Å². The molecule has 3 rings (SSSR count). The Hall–Kier alpha value is -2.54.